The summed E-state index contributed by atoms with van der Waals surface area (Å²) in [6, 6.07) is 10.3. The highest BCUT2D eigenvalue weighted by atomic mass is 16.5. The summed E-state index contributed by atoms with van der Waals surface area (Å²) in [5, 5.41) is 4.31. The van der Waals surface area contributed by atoms with Crippen molar-refractivity contribution in [2.45, 2.75) is 20.3 Å². The second-order valence-corrected chi connectivity index (χ2v) is 6.08. The zero-order valence-corrected chi connectivity index (χ0v) is 14.5. The minimum Gasteiger partial charge on any atom is -0.493 e. The van der Waals surface area contributed by atoms with Crippen LogP contribution in [-0.2, 0) is 0 Å². The molecule has 0 aliphatic carbocycles. The van der Waals surface area contributed by atoms with E-state index in [0.717, 1.165) is 36.8 Å². The van der Waals surface area contributed by atoms with Crippen molar-refractivity contribution in [3.63, 3.8) is 0 Å². The zero-order chi connectivity index (χ0) is 17.2. The van der Waals surface area contributed by atoms with Gasteiger partial charge in [0.1, 0.15) is 17.9 Å². The van der Waals surface area contributed by atoms with Gasteiger partial charge in [-0.25, -0.2) is 4.98 Å². The fraction of sp³-hybridized carbons (Fsp3) is 0.316. The Balaban J connectivity index is 1.63. The molecule has 0 atom stereocenters. The van der Waals surface area contributed by atoms with E-state index in [1.54, 1.807) is 10.8 Å². The van der Waals surface area contributed by atoms with Crippen LogP contribution in [0.3, 0.4) is 0 Å². The third kappa shape index (κ3) is 2.95. The Bertz CT molecular complexity index is 930. The predicted octanol–water partition coefficient (Wildman–Crippen LogP) is 3.13. The number of anilines is 1. The lowest BCUT2D eigenvalue weighted by Gasteiger charge is -2.29. The van der Waals surface area contributed by atoms with Gasteiger partial charge in [-0.1, -0.05) is 24.3 Å². The van der Waals surface area contributed by atoms with Gasteiger partial charge in [0.2, 0.25) is 0 Å². The fourth-order valence-electron chi connectivity index (χ4n) is 3.27. The highest BCUT2D eigenvalue weighted by Gasteiger charge is 2.19. The smallest absolute Gasteiger partial charge is 0.254 e. The lowest BCUT2D eigenvalue weighted by Crippen LogP contribution is -2.30. The number of rotatable bonds is 4. The SMILES string of the molecule is CCOc1ccccc1C1=CCN(c2cc(C)nc3ncnn23)CC1. The highest BCUT2D eigenvalue weighted by Crippen LogP contribution is 2.31. The molecule has 1 aromatic carbocycles. The molecule has 0 amide bonds. The van der Waals surface area contributed by atoms with Gasteiger partial charge >= 0.3 is 0 Å². The number of hydrogen-bond donors (Lipinski definition) is 0. The summed E-state index contributed by atoms with van der Waals surface area (Å²) in [7, 11) is 0. The van der Waals surface area contributed by atoms with E-state index in [0.29, 0.717) is 12.4 Å². The van der Waals surface area contributed by atoms with Crippen molar-refractivity contribution in [3.05, 3.63) is 54.0 Å². The van der Waals surface area contributed by atoms with Crippen LogP contribution in [0.25, 0.3) is 11.4 Å². The third-order valence-electron chi connectivity index (χ3n) is 4.43. The largest absolute Gasteiger partial charge is 0.493 e. The van der Waals surface area contributed by atoms with Gasteiger partial charge in [-0.05, 0) is 31.9 Å². The molecule has 128 valence electrons. The molecule has 0 unspecified atom stereocenters. The summed E-state index contributed by atoms with van der Waals surface area (Å²) in [5.74, 6) is 2.64. The second-order valence-electron chi connectivity index (χ2n) is 6.08. The van der Waals surface area contributed by atoms with Gasteiger partial charge < -0.3 is 9.64 Å². The van der Waals surface area contributed by atoms with Gasteiger partial charge in [0.25, 0.3) is 5.78 Å². The maximum absolute atomic E-state index is 5.78. The molecule has 25 heavy (non-hydrogen) atoms. The molecule has 0 radical (unpaired) electrons. The summed E-state index contributed by atoms with van der Waals surface area (Å²) in [4.78, 5) is 10.9. The second kappa shape index (κ2) is 6.55. The molecular weight excluding hydrogens is 314 g/mol. The van der Waals surface area contributed by atoms with E-state index >= 15 is 0 Å². The number of benzene rings is 1. The van der Waals surface area contributed by atoms with Crippen molar-refractivity contribution in [3.8, 4) is 5.75 Å². The van der Waals surface area contributed by atoms with Crippen LogP contribution in [0.15, 0.2) is 42.7 Å². The zero-order valence-electron chi connectivity index (χ0n) is 14.5. The highest BCUT2D eigenvalue weighted by molar-refractivity contribution is 5.72. The van der Waals surface area contributed by atoms with Gasteiger partial charge in [-0.15, -0.1) is 0 Å². The molecule has 0 bridgehead atoms. The molecule has 3 heterocycles. The van der Waals surface area contributed by atoms with Crippen LogP contribution in [0.5, 0.6) is 5.75 Å². The molecule has 0 saturated heterocycles. The van der Waals surface area contributed by atoms with Crippen molar-refractivity contribution in [1.82, 2.24) is 19.6 Å². The Morgan fingerprint density at radius 3 is 2.92 bits per heavy atom. The van der Waals surface area contributed by atoms with Crippen molar-refractivity contribution in [1.29, 1.82) is 0 Å². The molecule has 6 nitrogen and oxygen atoms in total. The monoisotopic (exact) mass is 335 g/mol. The first-order chi connectivity index (χ1) is 12.3. The quantitative estimate of drug-likeness (QED) is 0.733. The number of para-hydroxylation sites is 1. The van der Waals surface area contributed by atoms with Crippen LogP contribution in [0, 0.1) is 6.92 Å². The number of hydrogen-bond acceptors (Lipinski definition) is 5. The number of ether oxygens (including phenoxy) is 1. The normalized spacial score (nSPS) is 14.6. The molecular formula is C19H21N5O. The molecule has 2 aromatic heterocycles. The summed E-state index contributed by atoms with van der Waals surface area (Å²) in [6.45, 7) is 6.43. The van der Waals surface area contributed by atoms with Gasteiger partial charge in [0.15, 0.2) is 0 Å². The number of nitrogens with zero attached hydrogens (tertiary/aromatic N) is 5. The summed E-state index contributed by atoms with van der Waals surface area (Å²) >= 11 is 0. The van der Waals surface area contributed by atoms with Gasteiger partial charge in [-0.2, -0.15) is 14.6 Å². The van der Waals surface area contributed by atoms with Gasteiger partial charge in [0, 0.05) is 30.4 Å². The van der Waals surface area contributed by atoms with Crippen LogP contribution in [0.1, 0.15) is 24.6 Å². The van der Waals surface area contributed by atoms with Crippen LogP contribution in [-0.4, -0.2) is 39.3 Å². The number of fused-ring (bicyclic) bond motifs is 1. The topological polar surface area (TPSA) is 55.5 Å². The van der Waals surface area contributed by atoms with Crippen molar-refractivity contribution in [2.75, 3.05) is 24.6 Å². The molecule has 3 aromatic rings. The third-order valence-corrected chi connectivity index (χ3v) is 4.43. The molecule has 4 rings (SSSR count). The van der Waals surface area contributed by atoms with Crippen molar-refractivity contribution < 1.29 is 4.74 Å². The van der Waals surface area contributed by atoms with Gasteiger partial charge in [0.05, 0.1) is 6.61 Å². The van der Waals surface area contributed by atoms with E-state index in [1.807, 2.05) is 26.0 Å². The lowest BCUT2D eigenvalue weighted by atomic mass is 9.98. The summed E-state index contributed by atoms with van der Waals surface area (Å²) in [5.41, 5.74) is 3.48. The molecule has 0 fully saturated rings. The Morgan fingerprint density at radius 2 is 2.12 bits per heavy atom. The minimum atomic E-state index is 0.645. The Hall–Kier alpha value is -2.89. The van der Waals surface area contributed by atoms with E-state index in [-0.39, 0.29) is 0 Å². The Kier molecular flexibility index (Phi) is 4.09. The van der Waals surface area contributed by atoms with Crippen LogP contribution >= 0.6 is 0 Å². The molecule has 0 N–H and O–H groups in total. The van der Waals surface area contributed by atoms with Crippen LogP contribution < -0.4 is 9.64 Å². The van der Waals surface area contributed by atoms with E-state index in [4.69, 9.17) is 4.74 Å². The summed E-state index contributed by atoms with van der Waals surface area (Å²) < 4.78 is 7.59. The van der Waals surface area contributed by atoms with Crippen LogP contribution in [0.4, 0.5) is 5.82 Å². The maximum Gasteiger partial charge on any atom is 0.254 e. The fourth-order valence-corrected chi connectivity index (χ4v) is 3.27. The molecule has 1 aliphatic rings. The molecule has 1 aliphatic heterocycles. The Labute approximate surface area is 146 Å². The van der Waals surface area contributed by atoms with Crippen LogP contribution in [0.2, 0.25) is 0 Å². The van der Waals surface area contributed by atoms with E-state index < -0.39 is 0 Å². The van der Waals surface area contributed by atoms with E-state index in [2.05, 4.69) is 44.2 Å². The van der Waals surface area contributed by atoms with Crippen molar-refractivity contribution in [2.24, 2.45) is 0 Å². The van der Waals surface area contributed by atoms with E-state index in [9.17, 15) is 0 Å². The average molecular weight is 335 g/mol. The van der Waals surface area contributed by atoms with E-state index in [1.165, 1.54) is 11.1 Å². The first-order valence-corrected chi connectivity index (χ1v) is 8.60. The Morgan fingerprint density at radius 1 is 1.24 bits per heavy atom. The average Bonchev–Trinajstić information content (AvgIpc) is 3.10. The van der Waals surface area contributed by atoms with Crippen molar-refractivity contribution >= 4 is 17.2 Å². The number of aryl methyl sites for hydroxylation is 1. The first kappa shape index (κ1) is 15.6. The number of aromatic nitrogens is 4. The minimum absolute atomic E-state index is 0.645. The standard InChI is InChI=1S/C19H21N5O/c1-3-25-17-7-5-4-6-16(17)15-8-10-23(11-9-15)18-12-14(2)22-19-20-13-21-24(18)19/h4-8,12-13H,3,9-11H2,1-2H3. The lowest BCUT2D eigenvalue weighted by molar-refractivity contribution is 0.339. The molecule has 6 heteroatoms. The first-order valence-electron chi connectivity index (χ1n) is 8.60. The van der Waals surface area contributed by atoms with Gasteiger partial charge in [-0.3, -0.25) is 0 Å². The molecule has 0 saturated carbocycles. The maximum atomic E-state index is 5.78. The predicted molar refractivity (Wildman–Crippen MR) is 97.9 cm³/mol. The summed E-state index contributed by atoms with van der Waals surface area (Å²) in [6.07, 6.45) is 4.79. The molecule has 0 spiro atoms.